The minimum Gasteiger partial charge on any atom is -0.497 e. The summed E-state index contributed by atoms with van der Waals surface area (Å²) in [5.74, 6) is 1.18. The molecule has 0 amide bonds. The maximum atomic E-state index is 10.9. The smallest absolute Gasteiger partial charge is 0.264 e. The van der Waals surface area contributed by atoms with Crippen molar-refractivity contribution in [2.75, 3.05) is 20.5 Å². The lowest BCUT2D eigenvalue weighted by atomic mass is 10.2. The summed E-state index contributed by atoms with van der Waals surface area (Å²) < 4.78 is 36.5. The topological polar surface area (TPSA) is 61.8 Å². The molecular formula is C12H20O5S. The van der Waals surface area contributed by atoms with Crippen LogP contribution in [0, 0.1) is 0 Å². The Balaban J connectivity index is 0.00000137. The zero-order valence-corrected chi connectivity index (χ0v) is 12.2. The molecule has 18 heavy (non-hydrogen) atoms. The van der Waals surface area contributed by atoms with Gasteiger partial charge in [0.1, 0.15) is 11.5 Å². The second-order valence-electron chi connectivity index (χ2n) is 3.14. The van der Waals surface area contributed by atoms with E-state index in [1.807, 2.05) is 13.8 Å². The van der Waals surface area contributed by atoms with E-state index in [-0.39, 0.29) is 6.61 Å². The summed E-state index contributed by atoms with van der Waals surface area (Å²) in [6.45, 7) is 3.93. The van der Waals surface area contributed by atoms with Crippen molar-refractivity contribution in [3.63, 3.8) is 0 Å². The molecule has 0 unspecified atom stereocenters. The molecule has 0 aliphatic rings. The summed E-state index contributed by atoms with van der Waals surface area (Å²) in [6.07, 6.45) is 1.000. The summed E-state index contributed by atoms with van der Waals surface area (Å²) in [7, 11) is -0.427. The minimum absolute atomic E-state index is 0.0702. The van der Waals surface area contributed by atoms with Gasteiger partial charge < -0.3 is 9.47 Å². The van der Waals surface area contributed by atoms with Crippen LogP contribution in [0.15, 0.2) is 18.2 Å². The Bertz CT molecular complexity index is 454. The van der Waals surface area contributed by atoms with Crippen LogP contribution in [0.4, 0.5) is 0 Å². The fourth-order valence-corrected chi connectivity index (χ4v) is 1.51. The maximum Gasteiger partial charge on any atom is 0.264 e. The van der Waals surface area contributed by atoms with Crippen molar-refractivity contribution in [3.05, 3.63) is 23.8 Å². The summed E-state index contributed by atoms with van der Waals surface area (Å²) in [4.78, 5) is 0. The van der Waals surface area contributed by atoms with Crippen molar-refractivity contribution >= 4 is 10.1 Å². The molecule has 0 N–H and O–H groups in total. The van der Waals surface area contributed by atoms with Crippen molar-refractivity contribution in [2.24, 2.45) is 0 Å². The van der Waals surface area contributed by atoms with Gasteiger partial charge in [0.25, 0.3) is 10.1 Å². The number of methoxy groups -OCH3 is 2. The Hall–Kier alpha value is -1.27. The van der Waals surface area contributed by atoms with Crippen molar-refractivity contribution in [1.29, 1.82) is 0 Å². The minimum atomic E-state index is -3.46. The molecule has 0 spiro atoms. The van der Waals surface area contributed by atoms with E-state index < -0.39 is 10.1 Å². The fourth-order valence-electron chi connectivity index (χ4n) is 1.17. The first-order valence-electron chi connectivity index (χ1n) is 5.51. The van der Waals surface area contributed by atoms with E-state index in [4.69, 9.17) is 13.7 Å². The van der Waals surface area contributed by atoms with Gasteiger partial charge in [-0.1, -0.05) is 13.8 Å². The highest BCUT2D eigenvalue weighted by Crippen LogP contribution is 2.24. The van der Waals surface area contributed by atoms with Gasteiger partial charge in [-0.3, -0.25) is 4.18 Å². The highest BCUT2D eigenvalue weighted by molar-refractivity contribution is 7.85. The predicted octanol–water partition coefficient (Wildman–Crippen LogP) is 2.21. The number of ether oxygens (including phenoxy) is 2. The fraction of sp³-hybridized carbons (Fsp3) is 0.500. The molecule has 0 saturated heterocycles. The van der Waals surface area contributed by atoms with Crippen LogP contribution in [0.2, 0.25) is 0 Å². The third-order valence-electron chi connectivity index (χ3n) is 1.92. The van der Waals surface area contributed by atoms with Crippen LogP contribution in [0.25, 0.3) is 0 Å². The van der Waals surface area contributed by atoms with Gasteiger partial charge in [-0.15, -0.1) is 0 Å². The zero-order chi connectivity index (χ0) is 14.2. The first-order valence-corrected chi connectivity index (χ1v) is 7.33. The first-order chi connectivity index (χ1) is 8.46. The maximum absolute atomic E-state index is 10.9. The second-order valence-corrected chi connectivity index (χ2v) is 4.79. The molecule has 0 atom stereocenters. The van der Waals surface area contributed by atoms with Crippen LogP contribution in [-0.2, 0) is 20.9 Å². The molecule has 0 radical (unpaired) electrons. The molecular weight excluding hydrogens is 256 g/mol. The molecule has 0 heterocycles. The Morgan fingerprint density at radius 2 is 1.72 bits per heavy atom. The van der Waals surface area contributed by atoms with Crippen molar-refractivity contribution in [1.82, 2.24) is 0 Å². The van der Waals surface area contributed by atoms with Gasteiger partial charge in [0, 0.05) is 5.56 Å². The van der Waals surface area contributed by atoms with E-state index in [1.54, 1.807) is 18.2 Å². The Kier molecular flexibility index (Phi) is 7.38. The Morgan fingerprint density at radius 3 is 2.17 bits per heavy atom. The number of hydrogen-bond donors (Lipinski definition) is 0. The molecule has 6 heteroatoms. The lowest BCUT2D eigenvalue weighted by Gasteiger charge is -2.09. The summed E-state index contributed by atoms with van der Waals surface area (Å²) in [5, 5.41) is 0. The largest absolute Gasteiger partial charge is 0.497 e. The molecule has 1 rings (SSSR count). The molecule has 0 aliphatic heterocycles. The summed E-state index contributed by atoms with van der Waals surface area (Å²) in [6, 6.07) is 5.09. The van der Waals surface area contributed by atoms with Gasteiger partial charge in [-0.05, 0) is 18.2 Å². The normalized spacial score (nSPS) is 10.3. The molecule has 0 fully saturated rings. The molecule has 104 valence electrons. The zero-order valence-electron chi connectivity index (χ0n) is 11.4. The van der Waals surface area contributed by atoms with Crippen LogP contribution < -0.4 is 9.47 Å². The Labute approximate surface area is 109 Å². The van der Waals surface area contributed by atoms with E-state index in [1.165, 1.54) is 14.2 Å². The lowest BCUT2D eigenvalue weighted by molar-refractivity contribution is 0.301. The van der Waals surface area contributed by atoms with Gasteiger partial charge in [-0.2, -0.15) is 8.42 Å². The van der Waals surface area contributed by atoms with Gasteiger partial charge in [0.05, 0.1) is 27.1 Å². The number of benzene rings is 1. The van der Waals surface area contributed by atoms with E-state index in [0.29, 0.717) is 17.1 Å². The summed E-state index contributed by atoms with van der Waals surface area (Å²) in [5.41, 5.74) is 0.618. The van der Waals surface area contributed by atoms with Gasteiger partial charge in [-0.25, -0.2) is 0 Å². The van der Waals surface area contributed by atoms with Crippen LogP contribution in [0.3, 0.4) is 0 Å². The monoisotopic (exact) mass is 276 g/mol. The van der Waals surface area contributed by atoms with Crippen molar-refractivity contribution in [3.8, 4) is 11.5 Å². The standard InChI is InChI=1S/C10H14O5S.C2H6/c1-13-9-4-5-10(14-2)8(6-9)7-15-16(3,11)12;1-2/h4-6H,7H2,1-3H3;1-2H3. The van der Waals surface area contributed by atoms with Crippen molar-refractivity contribution in [2.45, 2.75) is 20.5 Å². The average Bonchev–Trinajstić information content (AvgIpc) is 2.37. The number of hydrogen-bond acceptors (Lipinski definition) is 5. The van der Waals surface area contributed by atoms with Crippen LogP contribution in [0.1, 0.15) is 19.4 Å². The quantitative estimate of drug-likeness (QED) is 0.772. The van der Waals surface area contributed by atoms with Crippen LogP contribution >= 0.6 is 0 Å². The SMILES string of the molecule is CC.COc1ccc(OC)c(COS(C)(=O)=O)c1. The molecule has 5 nitrogen and oxygen atoms in total. The van der Waals surface area contributed by atoms with E-state index in [9.17, 15) is 8.42 Å². The lowest BCUT2D eigenvalue weighted by Crippen LogP contribution is -2.04. The van der Waals surface area contributed by atoms with Gasteiger partial charge in [0.2, 0.25) is 0 Å². The van der Waals surface area contributed by atoms with E-state index in [2.05, 4.69) is 0 Å². The summed E-state index contributed by atoms with van der Waals surface area (Å²) >= 11 is 0. The van der Waals surface area contributed by atoms with Crippen LogP contribution in [0.5, 0.6) is 11.5 Å². The molecule has 0 bridgehead atoms. The van der Waals surface area contributed by atoms with Gasteiger partial charge in [0.15, 0.2) is 0 Å². The predicted molar refractivity (Wildman–Crippen MR) is 70.5 cm³/mol. The highest BCUT2D eigenvalue weighted by atomic mass is 32.2. The average molecular weight is 276 g/mol. The Morgan fingerprint density at radius 1 is 1.11 bits per heavy atom. The first kappa shape index (κ1) is 16.7. The molecule has 0 saturated carbocycles. The number of rotatable bonds is 5. The van der Waals surface area contributed by atoms with Crippen molar-refractivity contribution < 1.29 is 22.1 Å². The molecule has 0 aliphatic carbocycles. The van der Waals surface area contributed by atoms with Gasteiger partial charge >= 0.3 is 0 Å². The highest BCUT2D eigenvalue weighted by Gasteiger charge is 2.08. The van der Waals surface area contributed by atoms with E-state index >= 15 is 0 Å². The third kappa shape index (κ3) is 5.88. The van der Waals surface area contributed by atoms with Crippen LogP contribution in [-0.4, -0.2) is 28.9 Å². The second kappa shape index (κ2) is 7.94. The van der Waals surface area contributed by atoms with E-state index in [0.717, 1.165) is 6.26 Å². The molecule has 1 aromatic carbocycles. The molecule has 0 aromatic heterocycles. The molecule has 1 aromatic rings. The third-order valence-corrected chi connectivity index (χ3v) is 2.46.